The summed E-state index contributed by atoms with van der Waals surface area (Å²) < 4.78 is 0. The molecule has 6 heteroatoms. The van der Waals surface area contributed by atoms with Crippen LogP contribution < -0.4 is 0 Å². The molecule has 0 unspecified atom stereocenters. The number of nitrogens with zero attached hydrogens (tertiary/aromatic N) is 6. The maximum Gasteiger partial charge on any atom is 0.270 e. The van der Waals surface area contributed by atoms with E-state index in [4.69, 9.17) is 19.7 Å². The van der Waals surface area contributed by atoms with Crippen LogP contribution in [0.3, 0.4) is 0 Å². The standard InChI is InChI=1S/C38H18N6/c1-21-16-23(12-13-25(21)18-39)26-8-6-10-28-33(26)37-36(32(20-41)44-5)29-11-7-9-27(24-14-15-30(42-3)22(2)17-24)34(29)38(37)35(28)31(19-40)43-4/h6-17H,1-2H3/b35-31+,36-32-. The minimum atomic E-state index is -0.0905. The van der Waals surface area contributed by atoms with Crippen molar-refractivity contribution in [1.82, 2.24) is 0 Å². The van der Waals surface area contributed by atoms with E-state index in [0.29, 0.717) is 44.7 Å². The molecule has 0 aliphatic heterocycles. The van der Waals surface area contributed by atoms with E-state index < -0.39 is 0 Å². The van der Waals surface area contributed by atoms with Gasteiger partial charge in [0.15, 0.2) is 5.69 Å². The zero-order valence-electron chi connectivity index (χ0n) is 23.6. The molecule has 2 aliphatic rings. The molecule has 6 nitrogen and oxygen atoms in total. The molecule has 2 aliphatic carbocycles. The van der Waals surface area contributed by atoms with Crippen molar-refractivity contribution in [2.75, 3.05) is 0 Å². The molecule has 4 aromatic rings. The van der Waals surface area contributed by atoms with Crippen molar-refractivity contribution in [3.63, 3.8) is 0 Å². The fraction of sp³-hybridized carbons (Fsp3) is 0.0526. The highest BCUT2D eigenvalue weighted by molar-refractivity contribution is 6.39. The molecule has 6 rings (SSSR count). The van der Waals surface area contributed by atoms with E-state index in [0.717, 1.165) is 44.5 Å². The molecular formula is C38H18N6. The lowest BCUT2D eigenvalue weighted by atomic mass is 9.85. The number of benzene rings is 4. The van der Waals surface area contributed by atoms with E-state index in [1.54, 1.807) is 12.1 Å². The molecule has 44 heavy (non-hydrogen) atoms. The van der Waals surface area contributed by atoms with Gasteiger partial charge in [0.05, 0.1) is 43.5 Å². The SMILES string of the molecule is [C-]#[N+]/C(C#N)=C1C2=C(/C(=C(\C#N)[N+]#[C-])c3cccc(-c4ccc(C#N)c(C)c4)c32)c2c\1cccc2-c1ccc([N+]#[C-])c(C)c1. The second-order valence-corrected chi connectivity index (χ2v) is 10.4. The molecular weight excluding hydrogens is 540 g/mol. The highest BCUT2D eigenvalue weighted by Gasteiger charge is 2.41. The molecule has 0 amide bonds. The summed E-state index contributed by atoms with van der Waals surface area (Å²) in [5, 5.41) is 29.9. The first kappa shape index (κ1) is 27.2. The summed E-state index contributed by atoms with van der Waals surface area (Å²) in [7, 11) is 0. The zero-order chi connectivity index (χ0) is 31.1. The largest absolute Gasteiger partial charge is 0.270 e. The number of hydrogen-bond donors (Lipinski definition) is 0. The van der Waals surface area contributed by atoms with E-state index in [1.807, 2.05) is 74.5 Å². The van der Waals surface area contributed by atoms with Crippen molar-refractivity contribution in [2.24, 2.45) is 0 Å². The van der Waals surface area contributed by atoms with Crippen LogP contribution in [0.4, 0.5) is 5.69 Å². The Hall–Kier alpha value is -6.96. The summed E-state index contributed by atoms with van der Waals surface area (Å²) in [5.74, 6) is 0. The Bertz CT molecular complexity index is 2160. The minimum absolute atomic E-state index is 0.0905. The van der Waals surface area contributed by atoms with Crippen LogP contribution in [0.5, 0.6) is 0 Å². The van der Waals surface area contributed by atoms with Crippen LogP contribution in [0.2, 0.25) is 0 Å². The van der Waals surface area contributed by atoms with Gasteiger partial charge < -0.3 is 0 Å². The van der Waals surface area contributed by atoms with Crippen LogP contribution in [0.1, 0.15) is 38.9 Å². The van der Waals surface area contributed by atoms with Crippen LogP contribution in [0, 0.1) is 67.6 Å². The van der Waals surface area contributed by atoms with Crippen molar-refractivity contribution in [3.05, 3.63) is 157 Å². The Labute approximate surface area is 255 Å². The van der Waals surface area contributed by atoms with Gasteiger partial charge >= 0.3 is 0 Å². The fourth-order valence-electron chi connectivity index (χ4n) is 6.23. The molecule has 0 radical (unpaired) electrons. The zero-order valence-corrected chi connectivity index (χ0v) is 23.6. The molecule has 0 N–H and O–H groups in total. The first-order valence-electron chi connectivity index (χ1n) is 13.5. The Balaban J connectivity index is 1.80. The van der Waals surface area contributed by atoms with E-state index in [-0.39, 0.29) is 11.4 Å². The maximum absolute atomic E-state index is 10.2. The van der Waals surface area contributed by atoms with Crippen molar-refractivity contribution < 1.29 is 0 Å². The molecule has 0 heterocycles. The predicted octanol–water partition coefficient (Wildman–Crippen LogP) is 9.31. The molecule has 0 saturated carbocycles. The first-order chi connectivity index (χ1) is 21.4. The highest BCUT2D eigenvalue weighted by atomic mass is 14.7. The number of allylic oxidation sites excluding steroid dienone is 6. The third kappa shape index (κ3) is 3.82. The lowest BCUT2D eigenvalue weighted by Gasteiger charge is -2.18. The first-order valence-corrected chi connectivity index (χ1v) is 13.5. The molecule has 0 atom stereocenters. The summed E-state index contributed by atoms with van der Waals surface area (Å²) in [6, 6.07) is 28.9. The van der Waals surface area contributed by atoms with Crippen LogP contribution in [0.15, 0.2) is 84.2 Å². The monoisotopic (exact) mass is 558 g/mol. The minimum Gasteiger partial charge on any atom is -0.238 e. The second kappa shape index (κ2) is 10.5. The average molecular weight is 559 g/mol. The molecule has 0 bridgehead atoms. The van der Waals surface area contributed by atoms with E-state index >= 15 is 0 Å². The molecule has 4 aromatic carbocycles. The van der Waals surface area contributed by atoms with E-state index in [2.05, 4.69) is 32.7 Å². The Kier molecular flexibility index (Phi) is 6.47. The van der Waals surface area contributed by atoms with Crippen molar-refractivity contribution in [1.29, 1.82) is 15.8 Å². The molecule has 0 aromatic heterocycles. The van der Waals surface area contributed by atoms with E-state index in [1.165, 1.54) is 0 Å². The molecule has 0 spiro atoms. The Morgan fingerprint density at radius 3 is 1.50 bits per heavy atom. The summed E-state index contributed by atoms with van der Waals surface area (Å²) in [5.41, 5.74) is 10.8. The van der Waals surface area contributed by atoms with Gasteiger partial charge in [0.2, 0.25) is 0 Å². The Morgan fingerprint density at radius 2 is 1.09 bits per heavy atom. The van der Waals surface area contributed by atoms with Gasteiger partial charge in [-0.05, 0) is 86.7 Å². The lowest BCUT2D eigenvalue weighted by molar-refractivity contribution is 1.39. The number of fused-ring (bicyclic) bond motifs is 4. The quantitative estimate of drug-likeness (QED) is 0.181. The van der Waals surface area contributed by atoms with Crippen LogP contribution >= 0.6 is 0 Å². The van der Waals surface area contributed by atoms with Gasteiger partial charge in [-0.3, -0.25) is 0 Å². The van der Waals surface area contributed by atoms with Gasteiger partial charge in [-0.25, -0.2) is 25.1 Å². The van der Waals surface area contributed by atoms with Crippen LogP contribution in [0.25, 0.3) is 59.1 Å². The normalized spacial score (nSPS) is 14.5. The summed E-state index contributed by atoms with van der Waals surface area (Å²) in [6.45, 7) is 27.1. The average Bonchev–Trinajstić information content (AvgIpc) is 3.55. The van der Waals surface area contributed by atoms with Gasteiger partial charge in [-0.15, -0.1) is 0 Å². The smallest absolute Gasteiger partial charge is 0.238 e. The third-order valence-electron chi connectivity index (χ3n) is 8.11. The maximum atomic E-state index is 10.2. The van der Waals surface area contributed by atoms with Crippen molar-refractivity contribution in [2.45, 2.75) is 13.8 Å². The van der Waals surface area contributed by atoms with Gasteiger partial charge in [-0.1, -0.05) is 66.7 Å². The van der Waals surface area contributed by atoms with Crippen LogP contribution in [-0.4, -0.2) is 0 Å². The molecule has 0 saturated heterocycles. The lowest BCUT2D eigenvalue weighted by Crippen LogP contribution is -1.98. The molecule has 200 valence electrons. The second-order valence-electron chi connectivity index (χ2n) is 10.4. The highest BCUT2D eigenvalue weighted by Crippen LogP contribution is 2.62. The number of rotatable bonds is 2. The topological polar surface area (TPSA) is 84.5 Å². The summed E-state index contributed by atoms with van der Waals surface area (Å²) in [4.78, 5) is 10.9. The molecule has 0 fully saturated rings. The predicted molar refractivity (Wildman–Crippen MR) is 169 cm³/mol. The Morgan fingerprint density at radius 1 is 0.614 bits per heavy atom. The number of nitriles is 3. The van der Waals surface area contributed by atoms with E-state index in [9.17, 15) is 15.8 Å². The van der Waals surface area contributed by atoms with Gasteiger partial charge in [-0.2, -0.15) is 5.26 Å². The summed E-state index contributed by atoms with van der Waals surface area (Å²) in [6.07, 6.45) is 0. The fourth-order valence-corrected chi connectivity index (χ4v) is 6.23. The van der Waals surface area contributed by atoms with Gasteiger partial charge in [0.25, 0.3) is 11.4 Å². The van der Waals surface area contributed by atoms with Crippen molar-refractivity contribution in [3.8, 4) is 40.5 Å². The van der Waals surface area contributed by atoms with Gasteiger partial charge in [0.1, 0.15) is 0 Å². The number of aryl methyl sites for hydroxylation is 2. The number of hydrogen-bond acceptors (Lipinski definition) is 3. The van der Waals surface area contributed by atoms with Gasteiger partial charge in [0, 0.05) is 11.1 Å². The third-order valence-corrected chi connectivity index (χ3v) is 8.11. The summed E-state index contributed by atoms with van der Waals surface area (Å²) >= 11 is 0. The van der Waals surface area contributed by atoms with Crippen LogP contribution in [-0.2, 0) is 0 Å². The van der Waals surface area contributed by atoms with Crippen molar-refractivity contribution >= 4 is 28.0 Å².